The first kappa shape index (κ1) is 17.5. The van der Waals surface area contributed by atoms with Gasteiger partial charge in [-0.1, -0.05) is 36.4 Å². The van der Waals surface area contributed by atoms with E-state index in [9.17, 15) is 15.2 Å². The molecule has 6 heteroatoms. The molecule has 1 aliphatic heterocycles. The topological polar surface area (TPSA) is 78.6 Å². The van der Waals surface area contributed by atoms with Crippen molar-refractivity contribution >= 4 is 5.69 Å². The Morgan fingerprint density at radius 2 is 2.00 bits per heavy atom. The number of nitro benzene ring substituents is 1. The highest BCUT2D eigenvalue weighted by atomic mass is 16.6. The van der Waals surface area contributed by atoms with Crippen LogP contribution in [-0.4, -0.2) is 40.7 Å². The zero-order valence-corrected chi connectivity index (χ0v) is 14.1. The van der Waals surface area contributed by atoms with Crippen LogP contribution < -0.4 is 5.32 Å². The quantitative estimate of drug-likeness (QED) is 0.596. The summed E-state index contributed by atoms with van der Waals surface area (Å²) in [5, 5.41) is 24.2. The molecule has 2 aromatic carbocycles. The highest BCUT2D eigenvalue weighted by Crippen LogP contribution is 2.18. The Kier molecular flexibility index (Phi) is 5.75. The smallest absolute Gasteiger partial charge is 0.269 e. The molecule has 6 nitrogen and oxygen atoms in total. The van der Waals surface area contributed by atoms with Gasteiger partial charge in [0.15, 0.2) is 0 Å². The minimum atomic E-state index is -0.469. The Morgan fingerprint density at radius 1 is 1.20 bits per heavy atom. The van der Waals surface area contributed by atoms with Crippen molar-refractivity contribution < 1.29 is 10.0 Å². The van der Waals surface area contributed by atoms with Crippen molar-refractivity contribution in [3.8, 4) is 0 Å². The van der Waals surface area contributed by atoms with Gasteiger partial charge in [-0.25, -0.2) is 0 Å². The van der Waals surface area contributed by atoms with Crippen molar-refractivity contribution in [1.29, 1.82) is 0 Å². The fourth-order valence-corrected chi connectivity index (χ4v) is 3.24. The molecule has 0 aromatic heterocycles. The van der Waals surface area contributed by atoms with E-state index in [-0.39, 0.29) is 5.69 Å². The molecular formula is C19H23N3O3. The van der Waals surface area contributed by atoms with Crippen molar-refractivity contribution in [2.24, 2.45) is 0 Å². The Morgan fingerprint density at radius 3 is 2.80 bits per heavy atom. The summed E-state index contributed by atoms with van der Waals surface area (Å²) in [5.41, 5.74) is 3.67. The molecule has 0 bridgehead atoms. The molecule has 132 valence electrons. The fourth-order valence-electron chi connectivity index (χ4n) is 3.24. The molecular weight excluding hydrogens is 318 g/mol. The van der Waals surface area contributed by atoms with Crippen LogP contribution in [0.4, 0.5) is 5.69 Å². The molecule has 0 spiro atoms. The van der Waals surface area contributed by atoms with Gasteiger partial charge in [0.25, 0.3) is 5.69 Å². The van der Waals surface area contributed by atoms with Crippen LogP contribution in [0.1, 0.15) is 16.7 Å². The molecule has 2 aromatic rings. The molecule has 0 saturated heterocycles. The lowest BCUT2D eigenvalue weighted by Crippen LogP contribution is -2.40. The van der Waals surface area contributed by atoms with E-state index in [0.717, 1.165) is 25.1 Å². The predicted molar refractivity (Wildman–Crippen MR) is 96.2 cm³/mol. The van der Waals surface area contributed by atoms with Gasteiger partial charge in [-0.2, -0.15) is 0 Å². The maximum Gasteiger partial charge on any atom is 0.269 e. The highest BCUT2D eigenvalue weighted by molar-refractivity contribution is 5.34. The second kappa shape index (κ2) is 8.20. The molecule has 1 atom stereocenters. The van der Waals surface area contributed by atoms with Gasteiger partial charge in [0.1, 0.15) is 0 Å². The average Bonchev–Trinajstić information content (AvgIpc) is 2.62. The van der Waals surface area contributed by atoms with E-state index in [4.69, 9.17) is 0 Å². The van der Waals surface area contributed by atoms with E-state index in [1.54, 1.807) is 12.1 Å². The van der Waals surface area contributed by atoms with Crippen molar-refractivity contribution in [2.75, 3.05) is 19.6 Å². The van der Waals surface area contributed by atoms with Gasteiger partial charge in [0, 0.05) is 44.9 Å². The SMILES string of the molecule is O=[N+]([O-])c1cccc(CNCC(O)CN2CCc3ccccc3C2)c1. The van der Waals surface area contributed by atoms with Crippen LogP contribution in [-0.2, 0) is 19.5 Å². The number of fused-ring (bicyclic) bond motifs is 1. The van der Waals surface area contributed by atoms with E-state index in [1.165, 1.54) is 17.2 Å². The summed E-state index contributed by atoms with van der Waals surface area (Å²) >= 11 is 0. The second-order valence-electron chi connectivity index (χ2n) is 6.47. The molecule has 0 radical (unpaired) electrons. The third kappa shape index (κ3) is 4.85. The molecule has 25 heavy (non-hydrogen) atoms. The van der Waals surface area contributed by atoms with Gasteiger partial charge in [0.2, 0.25) is 0 Å². The van der Waals surface area contributed by atoms with Gasteiger partial charge in [-0.05, 0) is 23.1 Å². The first-order valence-electron chi connectivity index (χ1n) is 8.53. The van der Waals surface area contributed by atoms with Gasteiger partial charge < -0.3 is 10.4 Å². The van der Waals surface area contributed by atoms with Crippen LogP contribution >= 0.6 is 0 Å². The number of nitrogens with zero attached hydrogens (tertiary/aromatic N) is 2. The largest absolute Gasteiger partial charge is 0.390 e. The van der Waals surface area contributed by atoms with E-state index < -0.39 is 11.0 Å². The number of hydrogen-bond donors (Lipinski definition) is 2. The van der Waals surface area contributed by atoms with E-state index in [0.29, 0.717) is 19.6 Å². The normalized spacial score (nSPS) is 15.6. The summed E-state index contributed by atoms with van der Waals surface area (Å²) < 4.78 is 0. The minimum Gasteiger partial charge on any atom is -0.390 e. The summed E-state index contributed by atoms with van der Waals surface area (Å²) in [6.07, 6.45) is 0.549. The number of nitro groups is 1. The van der Waals surface area contributed by atoms with Crippen molar-refractivity contribution in [2.45, 2.75) is 25.6 Å². The molecule has 0 amide bonds. The van der Waals surface area contributed by atoms with Gasteiger partial charge in [-0.3, -0.25) is 15.0 Å². The van der Waals surface area contributed by atoms with Crippen molar-refractivity contribution in [1.82, 2.24) is 10.2 Å². The third-order valence-electron chi connectivity index (χ3n) is 4.51. The first-order chi connectivity index (χ1) is 12.1. The lowest BCUT2D eigenvalue weighted by molar-refractivity contribution is -0.384. The number of benzene rings is 2. The lowest BCUT2D eigenvalue weighted by Gasteiger charge is -2.30. The number of hydrogen-bond acceptors (Lipinski definition) is 5. The Bertz CT molecular complexity index is 735. The number of non-ortho nitro benzene ring substituents is 1. The van der Waals surface area contributed by atoms with Crippen LogP contribution in [0, 0.1) is 10.1 Å². The maximum atomic E-state index is 10.8. The van der Waals surface area contributed by atoms with Crippen LogP contribution in [0.5, 0.6) is 0 Å². The minimum absolute atomic E-state index is 0.0897. The van der Waals surface area contributed by atoms with E-state index >= 15 is 0 Å². The zero-order valence-electron chi connectivity index (χ0n) is 14.1. The predicted octanol–water partition coefficient (Wildman–Crippen LogP) is 2.10. The highest BCUT2D eigenvalue weighted by Gasteiger charge is 2.18. The van der Waals surface area contributed by atoms with Gasteiger partial charge in [0.05, 0.1) is 11.0 Å². The Hall–Kier alpha value is -2.28. The summed E-state index contributed by atoms with van der Waals surface area (Å²) in [6, 6.07) is 15.0. The lowest BCUT2D eigenvalue weighted by atomic mass is 10.00. The molecule has 1 unspecified atom stereocenters. The number of β-amino-alcohol motifs (C(OH)–C–C–N with tert-alkyl or cyclic N) is 1. The molecule has 1 aliphatic rings. The Balaban J connectivity index is 1.44. The zero-order chi connectivity index (χ0) is 17.6. The third-order valence-corrected chi connectivity index (χ3v) is 4.51. The van der Waals surface area contributed by atoms with Crippen LogP contribution in [0.25, 0.3) is 0 Å². The number of aliphatic hydroxyl groups excluding tert-OH is 1. The average molecular weight is 341 g/mol. The second-order valence-corrected chi connectivity index (χ2v) is 6.47. The number of aliphatic hydroxyl groups is 1. The monoisotopic (exact) mass is 341 g/mol. The van der Waals surface area contributed by atoms with E-state index in [1.807, 2.05) is 6.07 Å². The van der Waals surface area contributed by atoms with Crippen molar-refractivity contribution in [3.63, 3.8) is 0 Å². The van der Waals surface area contributed by atoms with Crippen LogP contribution in [0.3, 0.4) is 0 Å². The van der Waals surface area contributed by atoms with Crippen molar-refractivity contribution in [3.05, 3.63) is 75.3 Å². The summed E-state index contributed by atoms with van der Waals surface area (Å²) in [6.45, 7) is 3.41. The number of rotatable bonds is 7. The number of nitrogens with one attached hydrogen (secondary N) is 1. The first-order valence-corrected chi connectivity index (χ1v) is 8.53. The standard InChI is InChI=1S/C19H23N3O3/c23-19(12-20-11-15-4-3-7-18(10-15)22(24)25)14-21-9-8-16-5-1-2-6-17(16)13-21/h1-7,10,19-20,23H,8-9,11-14H2. The van der Waals surface area contributed by atoms with Gasteiger partial charge in [-0.15, -0.1) is 0 Å². The maximum absolute atomic E-state index is 10.8. The summed E-state index contributed by atoms with van der Waals surface area (Å²) in [5.74, 6) is 0. The fraction of sp³-hybridized carbons (Fsp3) is 0.368. The summed E-state index contributed by atoms with van der Waals surface area (Å²) in [4.78, 5) is 12.7. The van der Waals surface area contributed by atoms with Gasteiger partial charge >= 0.3 is 0 Å². The molecule has 1 heterocycles. The molecule has 0 fully saturated rings. The van der Waals surface area contributed by atoms with Crippen LogP contribution in [0.15, 0.2) is 48.5 Å². The molecule has 0 saturated carbocycles. The molecule has 3 rings (SSSR count). The van der Waals surface area contributed by atoms with E-state index in [2.05, 4.69) is 34.5 Å². The molecule has 2 N–H and O–H groups in total. The summed E-state index contributed by atoms with van der Waals surface area (Å²) in [7, 11) is 0. The molecule has 0 aliphatic carbocycles. The Labute approximate surface area is 147 Å². The van der Waals surface area contributed by atoms with Crippen LogP contribution in [0.2, 0.25) is 0 Å².